The molecular weight excluding hydrogens is 160 g/mol. The van der Waals surface area contributed by atoms with Gasteiger partial charge in [0, 0.05) is 7.05 Å². The maximum atomic E-state index is 10.6. The Morgan fingerprint density at radius 2 is 2.25 bits per heavy atom. The number of aromatic nitrogens is 2. The van der Waals surface area contributed by atoms with Crippen molar-refractivity contribution in [2.75, 3.05) is 7.11 Å². The Kier molecular flexibility index (Phi) is 2.03. The topological polar surface area (TPSA) is 64.3 Å². The van der Waals surface area contributed by atoms with Crippen molar-refractivity contribution >= 4 is 5.97 Å². The van der Waals surface area contributed by atoms with E-state index in [2.05, 4.69) is 4.98 Å². The minimum atomic E-state index is -1.07. The van der Waals surface area contributed by atoms with Gasteiger partial charge in [-0.2, -0.15) is 0 Å². The molecule has 5 heteroatoms. The number of rotatable bonds is 2. The molecule has 0 aliphatic rings. The second-order valence-electron chi connectivity index (χ2n) is 2.38. The van der Waals surface area contributed by atoms with Crippen molar-refractivity contribution in [3.8, 4) is 5.88 Å². The van der Waals surface area contributed by atoms with E-state index in [1.165, 1.54) is 7.11 Å². The van der Waals surface area contributed by atoms with Gasteiger partial charge in [0.05, 0.1) is 7.11 Å². The van der Waals surface area contributed by atoms with Crippen molar-refractivity contribution in [2.24, 2.45) is 7.05 Å². The molecule has 0 unspecified atom stereocenters. The van der Waals surface area contributed by atoms with E-state index in [-0.39, 0.29) is 11.6 Å². The van der Waals surface area contributed by atoms with E-state index in [1.54, 1.807) is 18.5 Å². The molecule has 0 bridgehead atoms. The summed E-state index contributed by atoms with van der Waals surface area (Å²) in [5.74, 6) is -0.181. The number of aryl methyl sites for hydroxylation is 1. The number of hydrogen-bond donors (Lipinski definition) is 1. The van der Waals surface area contributed by atoms with Crippen LogP contribution < -0.4 is 4.74 Å². The van der Waals surface area contributed by atoms with Crippen LogP contribution in [0, 0.1) is 6.92 Å². The molecule has 0 saturated heterocycles. The summed E-state index contributed by atoms with van der Waals surface area (Å²) < 4.78 is 6.46. The predicted molar refractivity (Wildman–Crippen MR) is 41.5 cm³/mol. The molecular formula is C7H10N2O3. The Morgan fingerprint density at radius 3 is 2.58 bits per heavy atom. The third-order valence-corrected chi connectivity index (χ3v) is 1.66. The third kappa shape index (κ3) is 1.13. The standard InChI is InChI=1S/C7H10N2O3/c1-4-8-5(7(10)11)6(12-3)9(4)2/h1-3H3,(H,10,11). The van der Waals surface area contributed by atoms with Gasteiger partial charge in [-0.15, -0.1) is 0 Å². The van der Waals surface area contributed by atoms with Gasteiger partial charge in [-0.05, 0) is 6.92 Å². The monoisotopic (exact) mass is 170 g/mol. The molecule has 0 aliphatic carbocycles. The van der Waals surface area contributed by atoms with E-state index in [4.69, 9.17) is 9.84 Å². The molecule has 0 saturated carbocycles. The molecule has 0 atom stereocenters. The van der Waals surface area contributed by atoms with Crippen molar-refractivity contribution in [3.63, 3.8) is 0 Å². The Bertz CT molecular complexity index is 317. The molecule has 0 amide bonds. The van der Waals surface area contributed by atoms with Crippen LogP contribution in [0.2, 0.25) is 0 Å². The summed E-state index contributed by atoms with van der Waals surface area (Å²) in [6, 6.07) is 0. The van der Waals surface area contributed by atoms with Crippen LogP contribution in [0.25, 0.3) is 0 Å². The van der Waals surface area contributed by atoms with Gasteiger partial charge in [0.2, 0.25) is 11.6 Å². The number of methoxy groups -OCH3 is 1. The van der Waals surface area contributed by atoms with Crippen LogP contribution in [0.3, 0.4) is 0 Å². The highest BCUT2D eigenvalue weighted by atomic mass is 16.5. The highest BCUT2D eigenvalue weighted by molar-refractivity contribution is 5.88. The molecule has 1 aromatic heterocycles. The first-order valence-corrected chi connectivity index (χ1v) is 3.38. The number of nitrogens with zero attached hydrogens (tertiary/aromatic N) is 2. The van der Waals surface area contributed by atoms with Gasteiger partial charge < -0.3 is 14.4 Å². The summed E-state index contributed by atoms with van der Waals surface area (Å²) in [4.78, 5) is 14.4. The Balaban J connectivity index is 3.29. The summed E-state index contributed by atoms with van der Waals surface area (Å²) >= 11 is 0. The van der Waals surface area contributed by atoms with Gasteiger partial charge >= 0.3 is 5.97 Å². The molecule has 0 radical (unpaired) electrons. The number of ether oxygens (including phenoxy) is 1. The van der Waals surface area contributed by atoms with Crippen LogP contribution in [0.5, 0.6) is 5.88 Å². The van der Waals surface area contributed by atoms with E-state index in [9.17, 15) is 4.79 Å². The van der Waals surface area contributed by atoms with Gasteiger partial charge in [-0.1, -0.05) is 0 Å². The van der Waals surface area contributed by atoms with Crippen molar-refractivity contribution in [1.82, 2.24) is 9.55 Å². The molecule has 1 N–H and O–H groups in total. The van der Waals surface area contributed by atoms with E-state index >= 15 is 0 Å². The average Bonchev–Trinajstić information content (AvgIpc) is 2.29. The van der Waals surface area contributed by atoms with Crippen molar-refractivity contribution < 1.29 is 14.6 Å². The highest BCUT2D eigenvalue weighted by Crippen LogP contribution is 2.17. The first-order valence-electron chi connectivity index (χ1n) is 3.38. The molecule has 1 heterocycles. The summed E-state index contributed by atoms with van der Waals surface area (Å²) in [6.07, 6.45) is 0. The number of aromatic carboxylic acids is 1. The summed E-state index contributed by atoms with van der Waals surface area (Å²) in [5.41, 5.74) is -0.0440. The van der Waals surface area contributed by atoms with Gasteiger partial charge in [0.25, 0.3) is 0 Å². The van der Waals surface area contributed by atoms with Gasteiger partial charge in [-0.3, -0.25) is 0 Å². The third-order valence-electron chi connectivity index (χ3n) is 1.66. The highest BCUT2D eigenvalue weighted by Gasteiger charge is 2.18. The minimum absolute atomic E-state index is 0.0440. The van der Waals surface area contributed by atoms with E-state index in [0.29, 0.717) is 5.82 Å². The largest absolute Gasteiger partial charge is 0.480 e. The molecule has 0 aromatic carbocycles. The summed E-state index contributed by atoms with van der Waals surface area (Å²) in [7, 11) is 3.12. The second-order valence-corrected chi connectivity index (χ2v) is 2.38. The molecule has 1 rings (SSSR count). The van der Waals surface area contributed by atoms with Crippen molar-refractivity contribution in [3.05, 3.63) is 11.5 Å². The zero-order chi connectivity index (χ0) is 9.30. The van der Waals surface area contributed by atoms with Crippen LogP contribution in [-0.2, 0) is 7.05 Å². The minimum Gasteiger partial charge on any atom is -0.480 e. The summed E-state index contributed by atoms with van der Waals surface area (Å²) in [5, 5.41) is 8.68. The fourth-order valence-corrected chi connectivity index (χ4v) is 0.963. The molecule has 1 aromatic rings. The molecule has 0 aliphatic heterocycles. The SMILES string of the molecule is COc1c(C(=O)O)nc(C)n1C. The van der Waals surface area contributed by atoms with Crippen LogP contribution in [-0.4, -0.2) is 27.7 Å². The zero-order valence-electron chi connectivity index (χ0n) is 7.16. The number of carboxylic acids is 1. The first kappa shape index (κ1) is 8.58. The van der Waals surface area contributed by atoms with E-state index in [0.717, 1.165) is 0 Å². The Labute approximate surface area is 69.6 Å². The second kappa shape index (κ2) is 2.84. The number of carboxylic acid groups (broad SMARTS) is 1. The molecule has 0 fully saturated rings. The zero-order valence-corrected chi connectivity index (χ0v) is 7.16. The van der Waals surface area contributed by atoms with Crippen LogP contribution in [0.15, 0.2) is 0 Å². The fraction of sp³-hybridized carbons (Fsp3) is 0.429. The first-order chi connectivity index (χ1) is 5.57. The maximum Gasteiger partial charge on any atom is 0.360 e. The van der Waals surface area contributed by atoms with E-state index < -0.39 is 5.97 Å². The maximum absolute atomic E-state index is 10.6. The smallest absolute Gasteiger partial charge is 0.360 e. The molecule has 0 spiro atoms. The lowest BCUT2D eigenvalue weighted by Crippen LogP contribution is -2.01. The number of carbonyl (C=O) groups is 1. The van der Waals surface area contributed by atoms with Crippen LogP contribution >= 0.6 is 0 Å². The predicted octanol–water partition coefficient (Wildman–Crippen LogP) is 0.435. The Hall–Kier alpha value is -1.52. The van der Waals surface area contributed by atoms with Gasteiger partial charge in [0.15, 0.2) is 0 Å². The van der Waals surface area contributed by atoms with E-state index in [1.807, 2.05) is 0 Å². The lowest BCUT2D eigenvalue weighted by atomic mass is 10.5. The number of imidazole rings is 1. The van der Waals surface area contributed by atoms with Crippen molar-refractivity contribution in [1.29, 1.82) is 0 Å². The molecule has 66 valence electrons. The lowest BCUT2D eigenvalue weighted by Gasteiger charge is -2.00. The Morgan fingerprint density at radius 1 is 1.67 bits per heavy atom. The van der Waals surface area contributed by atoms with Gasteiger partial charge in [0.1, 0.15) is 5.82 Å². The van der Waals surface area contributed by atoms with Crippen LogP contribution in [0.1, 0.15) is 16.3 Å². The quantitative estimate of drug-likeness (QED) is 0.699. The number of hydrogen-bond acceptors (Lipinski definition) is 3. The van der Waals surface area contributed by atoms with Crippen molar-refractivity contribution in [2.45, 2.75) is 6.92 Å². The molecule has 12 heavy (non-hydrogen) atoms. The fourth-order valence-electron chi connectivity index (χ4n) is 0.963. The van der Waals surface area contributed by atoms with Crippen LogP contribution in [0.4, 0.5) is 0 Å². The summed E-state index contributed by atoms with van der Waals surface area (Å²) in [6.45, 7) is 1.72. The average molecular weight is 170 g/mol. The molecule has 5 nitrogen and oxygen atoms in total. The van der Waals surface area contributed by atoms with Gasteiger partial charge in [-0.25, -0.2) is 9.78 Å². The normalized spacial score (nSPS) is 9.92. The lowest BCUT2D eigenvalue weighted by molar-refractivity contribution is 0.0686.